The molecule has 0 bridgehead atoms. The molecular formula is C39H46N8O7. The number of phenols is 1. The van der Waals surface area contributed by atoms with Gasteiger partial charge in [-0.15, -0.1) is 0 Å². The van der Waals surface area contributed by atoms with Crippen molar-refractivity contribution in [3.8, 4) is 17.6 Å². The first kappa shape index (κ1) is 41.7. The quantitative estimate of drug-likeness (QED) is 0.0215. The predicted molar refractivity (Wildman–Crippen MR) is 207 cm³/mol. The zero-order valence-electron chi connectivity index (χ0n) is 30.0. The lowest BCUT2D eigenvalue weighted by atomic mass is 10.0. The average Bonchev–Trinajstić information content (AvgIpc) is 3.14. The van der Waals surface area contributed by atoms with E-state index in [1.165, 1.54) is 29.2 Å². The Hall–Kier alpha value is -6.69. The third kappa shape index (κ3) is 14.5. The number of hydrogen-bond acceptors (Lipinski definition) is 9. The number of nitrogens with two attached hydrogens (primary N) is 2. The third-order valence-electron chi connectivity index (χ3n) is 8.17. The van der Waals surface area contributed by atoms with E-state index in [9.17, 15) is 29.6 Å². The summed E-state index contributed by atoms with van der Waals surface area (Å²) in [6, 6.07) is 17.9. The number of phenolic OH excluding ortho intramolecular Hbond substituents is 1. The molecule has 0 aliphatic rings. The summed E-state index contributed by atoms with van der Waals surface area (Å²) in [4.78, 5) is 51.9. The summed E-state index contributed by atoms with van der Waals surface area (Å²) in [6.45, 7) is 0.00203. The number of unbranched alkanes of at least 4 members (excludes halogenated alkanes) is 2. The van der Waals surface area contributed by atoms with Gasteiger partial charge in [0.25, 0.3) is 0 Å². The van der Waals surface area contributed by atoms with E-state index in [0.29, 0.717) is 55.3 Å². The van der Waals surface area contributed by atoms with Crippen LogP contribution in [0.4, 0.5) is 16.2 Å². The molecule has 3 aromatic rings. The lowest BCUT2D eigenvalue weighted by molar-refractivity contribution is -0.385. The highest BCUT2D eigenvalue weighted by Gasteiger charge is 2.29. The summed E-state index contributed by atoms with van der Waals surface area (Å²) in [5.41, 5.74) is 13.1. The largest absolute Gasteiger partial charge is 0.502 e. The monoisotopic (exact) mass is 738 g/mol. The molecule has 0 unspecified atom stereocenters. The molecule has 3 amide bonds. The van der Waals surface area contributed by atoms with Crippen LogP contribution < -0.4 is 27.0 Å². The molecular weight excluding hydrogens is 692 g/mol. The number of carbonyl (C=O) groups is 3. The number of benzene rings is 3. The second-order valence-corrected chi connectivity index (χ2v) is 12.4. The van der Waals surface area contributed by atoms with E-state index < -0.39 is 40.7 Å². The van der Waals surface area contributed by atoms with Crippen molar-refractivity contribution < 1.29 is 29.2 Å². The zero-order chi connectivity index (χ0) is 39.5. The Morgan fingerprint density at radius 3 is 2.15 bits per heavy atom. The molecule has 0 radical (unpaired) electrons. The van der Waals surface area contributed by atoms with Gasteiger partial charge in [0.05, 0.1) is 16.6 Å². The highest BCUT2D eigenvalue weighted by Crippen LogP contribution is 2.26. The second-order valence-electron chi connectivity index (χ2n) is 12.4. The SMILES string of the molecule is CN(C(=O)[C@@H](CCCCC(=N)N)NC(=O)[C@H](CCCCC(=N)N)NC(=O)OCc1ccccc1)c1ccc(C#C/C=C/c2ccc([N+](=O)[O-])c(O)c2)cc1. The number of amidine groups is 2. The van der Waals surface area contributed by atoms with Gasteiger partial charge < -0.3 is 36.8 Å². The van der Waals surface area contributed by atoms with E-state index in [-0.39, 0.29) is 36.8 Å². The normalized spacial score (nSPS) is 11.7. The summed E-state index contributed by atoms with van der Waals surface area (Å²) in [5.74, 6) is 4.44. The number of aromatic hydroxyl groups is 1. The van der Waals surface area contributed by atoms with E-state index in [4.69, 9.17) is 27.0 Å². The van der Waals surface area contributed by atoms with Crippen LogP contribution in [-0.4, -0.2) is 58.7 Å². The number of carbonyl (C=O) groups excluding carboxylic acids is 3. The number of nitrogens with one attached hydrogen (secondary N) is 4. The number of likely N-dealkylation sites (N-methyl/N-ethyl adjacent to an activating group) is 1. The molecule has 0 saturated carbocycles. The molecule has 15 nitrogen and oxygen atoms in total. The molecule has 0 aliphatic carbocycles. The topological polar surface area (TPSA) is 251 Å². The molecule has 284 valence electrons. The number of anilines is 1. The fraction of sp³-hybridized carbons (Fsp3) is 0.308. The molecule has 3 rings (SSSR count). The van der Waals surface area contributed by atoms with Crippen LogP contribution in [0.2, 0.25) is 0 Å². The molecule has 54 heavy (non-hydrogen) atoms. The van der Waals surface area contributed by atoms with Crippen LogP contribution in [0.25, 0.3) is 6.08 Å². The fourth-order valence-corrected chi connectivity index (χ4v) is 5.22. The van der Waals surface area contributed by atoms with Gasteiger partial charge in [-0.05, 0) is 85.4 Å². The maximum absolute atomic E-state index is 13.9. The van der Waals surface area contributed by atoms with Crippen LogP contribution in [-0.2, 0) is 20.9 Å². The van der Waals surface area contributed by atoms with Crippen molar-refractivity contribution in [3.63, 3.8) is 0 Å². The van der Waals surface area contributed by atoms with Crippen molar-refractivity contribution in [3.05, 3.63) is 106 Å². The van der Waals surface area contributed by atoms with Gasteiger partial charge in [-0.1, -0.05) is 55.0 Å². The summed E-state index contributed by atoms with van der Waals surface area (Å²) in [7, 11) is 1.58. The molecule has 3 aromatic carbocycles. The Morgan fingerprint density at radius 1 is 0.926 bits per heavy atom. The highest BCUT2D eigenvalue weighted by molar-refractivity contribution is 5.99. The Bertz CT molecular complexity index is 1870. The fourth-order valence-electron chi connectivity index (χ4n) is 5.22. The molecule has 15 heteroatoms. The molecule has 0 fully saturated rings. The van der Waals surface area contributed by atoms with Crippen molar-refractivity contribution in [1.29, 1.82) is 10.8 Å². The Kier molecular flexibility index (Phi) is 16.7. The first-order valence-corrected chi connectivity index (χ1v) is 17.3. The minimum Gasteiger partial charge on any atom is -0.502 e. The van der Waals surface area contributed by atoms with Gasteiger partial charge in [0, 0.05) is 37.2 Å². The van der Waals surface area contributed by atoms with E-state index >= 15 is 0 Å². The minimum atomic E-state index is -1.03. The summed E-state index contributed by atoms with van der Waals surface area (Å²) < 4.78 is 5.35. The molecule has 2 atom stereocenters. The van der Waals surface area contributed by atoms with Crippen molar-refractivity contribution in [1.82, 2.24) is 10.6 Å². The van der Waals surface area contributed by atoms with Gasteiger partial charge in [-0.2, -0.15) is 0 Å². The smallest absolute Gasteiger partial charge is 0.408 e. The number of nitro benzene ring substituents is 1. The van der Waals surface area contributed by atoms with Crippen LogP contribution in [0.15, 0.2) is 78.9 Å². The standard InChI is InChI=1S/C39H46N8O7/c1-46(30-22-19-27(20-23-30)11-5-6-12-28-21-24-33(47(52)53)34(48)25-28)38(50)32(16-8-10-18-36(42)43)44-37(49)31(15-7-9-17-35(40)41)45-39(51)54-26-29-13-3-2-4-14-29/h2-4,6,12-14,19-25,31-32,48H,7-10,15-18,26H2,1H3,(H3,40,41)(H3,42,43)(H,44,49)(H,45,51)/b12-6+/t31-,32+/m0/s1. The molecule has 0 saturated heterocycles. The number of ether oxygens (including phenoxy) is 1. The van der Waals surface area contributed by atoms with Gasteiger partial charge in [0.15, 0.2) is 5.75 Å². The minimum absolute atomic E-state index is 0.00203. The van der Waals surface area contributed by atoms with Crippen molar-refractivity contribution in [2.24, 2.45) is 11.5 Å². The van der Waals surface area contributed by atoms with Crippen molar-refractivity contribution in [2.45, 2.75) is 70.1 Å². The molecule has 9 N–H and O–H groups in total. The molecule has 0 aromatic heterocycles. The Morgan fingerprint density at radius 2 is 1.56 bits per heavy atom. The van der Waals surface area contributed by atoms with Crippen LogP contribution in [0.5, 0.6) is 5.75 Å². The van der Waals surface area contributed by atoms with E-state index in [2.05, 4.69) is 22.5 Å². The second kappa shape index (κ2) is 21.6. The van der Waals surface area contributed by atoms with Gasteiger partial charge in [-0.3, -0.25) is 30.5 Å². The van der Waals surface area contributed by atoms with Crippen molar-refractivity contribution in [2.75, 3.05) is 11.9 Å². The summed E-state index contributed by atoms with van der Waals surface area (Å²) in [5, 5.41) is 41.2. The van der Waals surface area contributed by atoms with Gasteiger partial charge in [0.1, 0.15) is 18.7 Å². The maximum atomic E-state index is 13.9. The van der Waals surface area contributed by atoms with Gasteiger partial charge in [-0.25, -0.2) is 4.79 Å². The molecule has 0 aliphatic heterocycles. The van der Waals surface area contributed by atoms with Gasteiger partial charge >= 0.3 is 11.8 Å². The predicted octanol–water partition coefficient (Wildman–Crippen LogP) is 5.10. The number of nitrogens with zero attached hydrogens (tertiary/aromatic N) is 2. The summed E-state index contributed by atoms with van der Waals surface area (Å²) >= 11 is 0. The average molecular weight is 739 g/mol. The van der Waals surface area contributed by atoms with Crippen LogP contribution >= 0.6 is 0 Å². The van der Waals surface area contributed by atoms with Crippen LogP contribution in [0, 0.1) is 32.8 Å². The zero-order valence-corrected chi connectivity index (χ0v) is 30.0. The highest BCUT2D eigenvalue weighted by atomic mass is 16.6. The number of amides is 3. The number of alkyl carbamates (subject to hydrolysis) is 1. The molecule has 0 spiro atoms. The lowest BCUT2D eigenvalue weighted by Crippen LogP contribution is -2.54. The van der Waals surface area contributed by atoms with E-state index in [1.807, 2.05) is 18.2 Å². The van der Waals surface area contributed by atoms with Crippen molar-refractivity contribution >= 4 is 47.0 Å². The molecule has 0 heterocycles. The number of rotatable bonds is 19. The Balaban J connectivity index is 1.71. The lowest BCUT2D eigenvalue weighted by Gasteiger charge is -2.27. The first-order valence-electron chi connectivity index (χ1n) is 17.3. The maximum Gasteiger partial charge on any atom is 0.408 e. The number of hydrogen-bond donors (Lipinski definition) is 7. The van der Waals surface area contributed by atoms with E-state index in [0.717, 1.165) is 5.56 Å². The number of nitro groups is 1. The third-order valence-corrected chi connectivity index (χ3v) is 8.17. The van der Waals surface area contributed by atoms with E-state index in [1.54, 1.807) is 49.5 Å². The Labute approximate surface area is 313 Å². The number of allylic oxidation sites excluding steroid dienone is 1. The summed E-state index contributed by atoms with van der Waals surface area (Å²) in [6.07, 6.45) is 5.50. The van der Waals surface area contributed by atoms with Crippen LogP contribution in [0.3, 0.4) is 0 Å². The first-order chi connectivity index (χ1) is 25.8. The van der Waals surface area contributed by atoms with Crippen LogP contribution in [0.1, 0.15) is 68.1 Å². The van der Waals surface area contributed by atoms with Gasteiger partial charge in [0.2, 0.25) is 11.8 Å².